The second-order valence-electron chi connectivity index (χ2n) is 4.46. The van der Waals surface area contributed by atoms with Gasteiger partial charge in [0.2, 0.25) is 0 Å². The van der Waals surface area contributed by atoms with Crippen LogP contribution >= 0.6 is 12.2 Å². The van der Waals surface area contributed by atoms with Crippen molar-refractivity contribution in [3.63, 3.8) is 0 Å². The summed E-state index contributed by atoms with van der Waals surface area (Å²) in [6.45, 7) is 7.07. The highest BCUT2D eigenvalue weighted by molar-refractivity contribution is 7.80. The van der Waals surface area contributed by atoms with Gasteiger partial charge >= 0.3 is 0 Å². The first-order valence-electron chi connectivity index (χ1n) is 6.34. The molecule has 0 saturated heterocycles. The van der Waals surface area contributed by atoms with Gasteiger partial charge in [0.05, 0.1) is 14.2 Å². The van der Waals surface area contributed by atoms with E-state index in [9.17, 15) is 0 Å². The Hall–Kier alpha value is -1.75. The van der Waals surface area contributed by atoms with Crippen LogP contribution in [0, 0.1) is 6.92 Å². The Kier molecular flexibility index (Phi) is 6.31. The maximum atomic E-state index is 5.33. The summed E-state index contributed by atoms with van der Waals surface area (Å²) in [5, 5.41) is 3.80. The molecule has 0 atom stereocenters. The summed E-state index contributed by atoms with van der Waals surface area (Å²) < 4.78 is 10.6. The standard InChI is InChI=1S/C15H22N2O2S/c1-6-7-16-15(20)17(3)10-12-9-14(19-5)13(18-4)8-11(12)2/h6,8-9H,1,7,10H2,2-5H3,(H,16,20). The predicted molar refractivity (Wildman–Crippen MR) is 86.5 cm³/mol. The minimum atomic E-state index is 0.661. The number of ether oxygens (including phenoxy) is 2. The van der Waals surface area contributed by atoms with Crippen LogP contribution in [-0.2, 0) is 6.54 Å². The molecule has 0 amide bonds. The Morgan fingerprint density at radius 3 is 2.50 bits per heavy atom. The highest BCUT2D eigenvalue weighted by Crippen LogP contribution is 2.30. The van der Waals surface area contributed by atoms with Crippen LogP contribution in [0.4, 0.5) is 0 Å². The fourth-order valence-electron chi connectivity index (χ4n) is 1.81. The summed E-state index contributed by atoms with van der Waals surface area (Å²) in [6.07, 6.45) is 1.78. The van der Waals surface area contributed by atoms with Gasteiger partial charge in [0.1, 0.15) is 0 Å². The van der Waals surface area contributed by atoms with Crippen LogP contribution in [0.1, 0.15) is 11.1 Å². The van der Waals surface area contributed by atoms with E-state index in [0.29, 0.717) is 18.2 Å². The number of thiocarbonyl (C=S) groups is 1. The fraction of sp³-hybridized carbons (Fsp3) is 0.400. The fourth-order valence-corrected chi connectivity index (χ4v) is 1.96. The third-order valence-electron chi connectivity index (χ3n) is 2.99. The van der Waals surface area contributed by atoms with Crippen molar-refractivity contribution >= 4 is 17.3 Å². The highest BCUT2D eigenvalue weighted by Gasteiger charge is 2.11. The van der Waals surface area contributed by atoms with Crippen LogP contribution in [-0.4, -0.2) is 37.8 Å². The van der Waals surface area contributed by atoms with Crippen LogP contribution in [0.15, 0.2) is 24.8 Å². The van der Waals surface area contributed by atoms with Crippen molar-refractivity contribution in [2.75, 3.05) is 27.8 Å². The summed E-state index contributed by atoms with van der Waals surface area (Å²) in [4.78, 5) is 1.98. The largest absolute Gasteiger partial charge is 0.493 e. The van der Waals surface area contributed by atoms with Gasteiger partial charge in [-0.3, -0.25) is 0 Å². The topological polar surface area (TPSA) is 33.7 Å². The third-order valence-corrected chi connectivity index (χ3v) is 3.45. The van der Waals surface area contributed by atoms with E-state index in [-0.39, 0.29) is 0 Å². The molecule has 110 valence electrons. The van der Waals surface area contributed by atoms with Crippen LogP contribution in [0.5, 0.6) is 11.5 Å². The molecular formula is C15H22N2O2S. The van der Waals surface area contributed by atoms with Gasteiger partial charge in [-0.15, -0.1) is 6.58 Å². The molecule has 5 heteroatoms. The average molecular weight is 294 g/mol. The van der Waals surface area contributed by atoms with Crippen LogP contribution in [0.25, 0.3) is 0 Å². The van der Waals surface area contributed by atoms with E-state index in [1.54, 1.807) is 20.3 Å². The zero-order valence-electron chi connectivity index (χ0n) is 12.5. The van der Waals surface area contributed by atoms with Gasteiger partial charge in [-0.2, -0.15) is 0 Å². The Balaban J connectivity index is 2.86. The van der Waals surface area contributed by atoms with Crippen molar-refractivity contribution in [2.45, 2.75) is 13.5 Å². The lowest BCUT2D eigenvalue weighted by molar-refractivity contribution is 0.353. The van der Waals surface area contributed by atoms with E-state index in [1.165, 1.54) is 0 Å². The number of nitrogens with zero attached hydrogens (tertiary/aromatic N) is 1. The average Bonchev–Trinajstić information content (AvgIpc) is 2.45. The first-order chi connectivity index (χ1) is 9.53. The van der Waals surface area contributed by atoms with Gasteiger partial charge in [0, 0.05) is 20.1 Å². The molecule has 0 spiro atoms. The normalized spacial score (nSPS) is 9.80. The Morgan fingerprint density at radius 2 is 1.95 bits per heavy atom. The van der Waals surface area contributed by atoms with Crippen molar-refractivity contribution in [3.05, 3.63) is 35.9 Å². The van der Waals surface area contributed by atoms with Crippen molar-refractivity contribution in [3.8, 4) is 11.5 Å². The minimum absolute atomic E-state index is 0.661. The van der Waals surface area contributed by atoms with Gasteiger partial charge in [-0.1, -0.05) is 6.08 Å². The molecule has 1 aromatic rings. The Morgan fingerprint density at radius 1 is 1.35 bits per heavy atom. The summed E-state index contributed by atoms with van der Waals surface area (Å²) in [6, 6.07) is 3.96. The van der Waals surface area contributed by atoms with E-state index >= 15 is 0 Å². The van der Waals surface area contributed by atoms with E-state index < -0.39 is 0 Å². The SMILES string of the molecule is C=CCNC(=S)N(C)Cc1cc(OC)c(OC)cc1C. The number of aryl methyl sites for hydroxylation is 1. The van der Waals surface area contributed by atoms with E-state index in [0.717, 1.165) is 22.6 Å². The third kappa shape index (κ3) is 4.13. The molecule has 1 rings (SSSR count). The van der Waals surface area contributed by atoms with Gasteiger partial charge < -0.3 is 19.7 Å². The maximum Gasteiger partial charge on any atom is 0.169 e. The molecule has 0 heterocycles. The number of hydrogen-bond donors (Lipinski definition) is 1. The molecule has 0 aliphatic carbocycles. The molecule has 1 N–H and O–H groups in total. The molecule has 4 nitrogen and oxygen atoms in total. The number of rotatable bonds is 6. The molecular weight excluding hydrogens is 272 g/mol. The maximum absolute atomic E-state index is 5.33. The molecule has 0 saturated carbocycles. The highest BCUT2D eigenvalue weighted by atomic mass is 32.1. The molecule has 1 aromatic carbocycles. The minimum Gasteiger partial charge on any atom is -0.493 e. The number of benzene rings is 1. The zero-order valence-corrected chi connectivity index (χ0v) is 13.3. The second-order valence-corrected chi connectivity index (χ2v) is 4.85. The summed E-state index contributed by atoms with van der Waals surface area (Å²) in [5.74, 6) is 1.47. The number of nitrogens with one attached hydrogen (secondary N) is 1. The van der Waals surface area contributed by atoms with E-state index in [1.807, 2.05) is 31.0 Å². The predicted octanol–water partition coefficient (Wildman–Crippen LogP) is 2.50. The molecule has 0 aromatic heterocycles. The summed E-state index contributed by atoms with van der Waals surface area (Å²) in [5.41, 5.74) is 2.29. The molecule has 0 radical (unpaired) electrons. The van der Waals surface area contributed by atoms with Gasteiger partial charge in [0.25, 0.3) is 0 Å². The molecule has 0 aliphatic rings. The Labute approximate surface area is 126 Å². The molecule has 0 bridgehead atoms. The lowest BCUT2D eigenvalue weighted by Crippen LogP contribution is -2.36. The van der Waals surface area contributed by atoms with Crippen LogP contribution < -0.4 is 14.8 Å². The first kappa shape index (κ1) is 16.3. The number of hydrogen-bond acceptors (Lipinski definition) is 3. The van der Waals surface area contributed by atoms with E-state index in [2.05, 4.69) is 11.9 Å². The first-order valence-corrected chi connectivity index (χ1v) is 6.75. The molecule has 20 heavy (non-hydrogen) atoms. The molecule has 0 fully saturated rings. The molecule has 0 aliphatic heterocycles. The van der Waals surface area contributed by atoms with Gasteiger partial charge in [-0.25, -0.2) is 0 Å². The van der Waals surface area contributed by atoms with E-state index in [4.69, 9.17) is 21.7 Å². The lowest BCUT2D eigenvalue weighted by atomic mass is 10.1. The second kappa shape index (κ2) is 7.75. The van der Waals surface area contributed by atoms with Crippen LogP contribution in [0.3, 0.4) is 0 Å². The zero-order chi connectivity index (χ0) is 15.1. The van der Waals surface area contributed by atoms with Crippen molar-refractivity contribution in [2.24, 2.45) is 0 Å². The van der Waals surface area contributed by atoms with Gasteiger partial charge in [0.15, 0.2) is 16.6 Å². The van der Waals surface area contributed by atoms with Crippen molar-refractivity contribution in [1.29, 1.82) is 0 Å². The van der Waals surface area contributed by atoms with Crippen LogP contribution in [0.2, 0.25) is 0 Å². The van der Waals surface area contributed by atoms with Crippen molar-refractivity contribution in [1.82, 2.24) is 10.2 Å². The summed E-state index contributed by atoms with van der Waals surface area (Å²) in [7, 11) is 5.23. The smallest absolute Gasteiger partial charge is 0.169 e. The quantitative estimate of drug-likeness (QED) is 0.644. The van der Waals surface area contributed by atoms with Gasteiger partial charge in [-0.05, 0) is 42.4 Å². The lowest BCUT2D eigenvalue weighted by Gasteiger charge is -2.22. The summed E-state index contributed by atoms with van der Waals surface area (Å²) >= 11 is 5.31. The monoisotopic (exact) mass is 294 g/mol. The number of methoxy groups -OCH3 is 2. The Bertz CT molecular complexity index is 489. The molecule has 0 unspecified atom stereocenters. The van der Waals surface area contributed by atoms with Crippen molar-refractivity contribution < 1.29 is 9.47 Å².